The van der Waals surface area contributed by atoms with Crippen molar-refractivity contribution in [2.45, 2.75) is 19.3 Å². The van der Waals surface area contributed by atoms with E-state index < -0.39 is 0 Å². The van der Waals surface area contributed by atoms with Gasteiger partial charge >= 0.3 is 0 Å². The molecule has 0 radical (unpaired) electrons. The van der Waals surface area contributed by atoms with Crippen LogP contribution in [-0.4, -0.2) is 32.6 Å². The van der Waals surface area contributed by atoms with Crippen LogP contribution in [0.15, 0.2) is 24.3 Å². The maximum absolute atomic E-state index is 14.4. The first-order valence-electron chi connectivity index (χ1n) is 7.79. The molecule has 0 heterocycles. The molecule has 2 aliphatic rings. The van der Waals surface area contributed by atoms with E-state index in [1.807, 2.05) is 6.07 Å². The number of ether oxygens (including phenoxy) is 1. The minimum atomic E-state index is -0.132. The Labute approximate surface area is 126 Å². The van der Waals surface area contributed by atoms with Crippen molar-refractivity contribution < 1.29 is 9.13 Å². The largest absolute Gasteiger partial charge is 0.497 e. The molecule has 1 aromatic carbocycles. The molecular formula is C18H24FNO. The monoisotopic (exact) mass is 289 g/mol. The van der Waals surface area contributed by atoms with Crippen molar-refractivity contribution >= 4 is 5.57 Å². The second kappa shape index (κ2) is 5.80. The highest BCUT2D eigenvalue weighted by Gasteiger charge is 2.38. The number of nitrogens with zero attached hydrogens (tertiary/aromatic N) is 1. The van der Waals surface area contributed by atoms with Crippen LogP contribution < -0.4 is 4.74 Å². The summed E-state index contributed by atoms with van der Waals surface area (Å²) >= 11 is 0. The Morgan fingerprint density at radius 2 is 2.10 bits per heavy atom. The Bertz CT molecular complexity index is 552. The van der Waals surface area contributed by atoms with Crippen LogP contribution in [0.25, 0.3) is 5.57 Å². The molecule has 3 atom stereocenters. The summed E-state index contributed by atoms with van der Waals surface area (Å²) in [4.78, 5) is 2.22. The van der Waals surface area contributed by atoms with Crippen LogP contribution in [0.2, 0.25) is 0 Å². The zero-order valence-corrected chi connectivity index (χ0v) is 13.1. The van der Waals surface area contributed by atoms with Crippen LogP contribution >= 0.6 is 0 Å². The quantitative estimate of drug-likeness (QED) is 0.835. The Kier molecular flexibility index (Phi) is 4.03. The van der Waals surface area contributed by atoms with Gasteiger partial charge in [-0.05, 0) is 74.9 Å². The van der Waals surface area contributed by atoms with Crippen molar-refractivity contribution in [1.82, 2.24) is 4.90 Å². The Morgan fingerprint density at radius 1 is 1.29 bits per heavy atom. The molecule has 1 saturated carbocycles. The molecule has 0 aliphatic heterocycles. The zero-order chi connectivity index (χ0) is 15.0. The molecule has 3 heteroatoms. The number of halogens is 1. The molecular weight excluding hydrogens is 265 g/mol. The highest BCUT2D eigenvalue weighted by atomic mass is 19.1. The van der Waals surface area contributed by atoms with E-state index in [1.165, 1.54) is 30.9 Å². The summed E-state index contributed by atoms with van der Waals surface area (Å²) in [7, 11) is 5.83. The van der Waals surface area contributed by atoms with Crippen molar-refractivity contribution in [3.63, 3.8) is 0 Å². The number of allylic oxidation sites excluding steroid dienone is 1. The molecule has 1 aromatic rings. The minimum absolute atomic E-state index is 0.132. The lowest BCUT2D eigenvalue weighted by molar-refractivity contribution is 0.289. The molecule has 2 nitrogen and oxygen atoms in total. The molecule has 0 saturated heterocycles. The molecule has 0 N–H and O–H groups in total. The van der Waals surface area contributed by atoms with Gasteiger partial charge in [0.05, 0.1) is 7.11 Å². The summed E-state index contributed by atoms with van der Waals surface area (Å²) < 4.78 is 19.6. The smallest absolute Gasteiger partial charge is 0.130 e. The fourth-order valence-electron chi connectivity index (χ4n) is 3.98. The predicted molar refractivity (Wildman–Crippen MR) is 83.8 cm³/mol. The number of methoxy groups -OCH3 is 1. The second-order valence-electron chi connectivity index (χ2n) is 6.67. The van der Waals surface area contributed by atoms with E-state index >= 15 is 0 Å². The van der Waals surface area contributed by atoms with E-state index in [-0.39, 0.29) is 5.82 Å². The topological polar surface area (TPSA) is 12.5 Å². The van der Waals surface area contributed by atoms with Gasteiger partial charge in [-0.25, -0.2) is 4.39 Å². The molecule has 3 rings (SSSR count). The molecule has 2 aliphatic carbocycles. The molecule has 2 bridgehead atoms. The number of hydrogen-bond donors (Lipinski definition) is 0. The van der Waals surface area contributed by atoms with Gasteiger partial charge in [0.1, 0.15) is 11.6 Å². The maximum atomic E-state index is 14.4. The van der Waals surface area contributed by atoms with E-state index in [0.717, 1.165) is 17.9 Å². The van der Waals surface area contributed by atoms with Gasteiger partial charge in [-0.1, -0.05) is 6.08 Å². The predicted octanol–water partition coefficient (Wildman–Crippen LogP) is 3.83. The molecule has 0 spiro atoms. The third kappa shape index (κ3) is 2.84. The molecule has 0 amide bonds. The lowest BCUT2D eigenvalue weighted by atomic mass is 9.76. The third-order valence-electron chi connectivity index (χ3n) is 4.94. The van der Waals surface area contributed by atoms with Crippen molar-refractivity contribution in [1.29, 1.82) is 0 Å². The minimum Gasteiger partial charge on any atom is -0.497 e. The van der Waals surface area contributed by atoms with Crippen molar-refractivity contribution in [3.8, 4) is 5.75 Å². The average molecular weight is 289 g/mol. The lowest BCUT2D eigenvalue weighted by Crippen LogP contribution is -2.29. The standard InChI is InChI=1S/C18H24FNO/c1-20(2)11-17-13-5-4-12(8-13)9-15(17)16-10-14(21-3)6-7-18(16)19/h6-7,9-10,12-13,17H,4-5,8,11H2,1-3H3/t12-,13+,17-/m0/s1. The Balaban J connectivity index is 2.01. The van der Waals surface area contributed by atoms with E-state index in [0.29, 0.717) is 17.8 Å². The molecule has 114 valence electrons. The summed E-state index contributed by atoms with van der Waals surface area (Å²) in [6, 6.07) is 5.07. The third-order valence-corrected chi connectivity index (χ3v) is 4.94. The van der Waals surface area contributed by atoms with Gasteiger partial charge in [0.25, 0.3) is 0 Å². The SMILES string of the molecule is COc1ccc(F)c(C2=C[C@H]3CC[C@H](C3)[C@@H]2CN(C)C)c1. The Morgan fingerprint density at radius 3 is 2.81 bits per heavy atom. The van der Waals surface area contributed by atoms with Gasteiger partial charge < -0.3 is 9.64 Å². The van der Waals surface area contributed by atoms with Crippen LogP contribution in [0.3, 0.4) is 0 Å². The van der Waals surface area contributed by atoms with Crippen molar-refractivity contribution in [2.24, 2.45) is 17.8 Å². The lowest BCUT2D eigenvalue weighted by Gasteiger charge is -2.33. The van der Waals surface area contributed by atoms with Crippen LogP contribution in [0, 0.1) is 23.6 Å². The average Bonchev–Trinajstić information content (AvgIpc) is 2.85. The van der Waals surface area contributed by atoms with E-state index in [1.54, 1.807) is 13.2 Å². The summed E-state index contributed by atoms with van der Waals surface area (Å²) in [5.41, 5.74) is 1.93. The van der Waals surface area contributed by atoms with Gasteiger partial charge in [-0.15, -0.1) is 0 Å². The van der Waals surface area contributed by atoms with Gasteiger partial charge in [0.2, 0.25) is 0 Å². The fourth-order valence-corrected chi connectivity index (χ4v) is 3.98. The number of rotatable bonds is 4. The van der Waals surface area contributed by atoms with Crippen molar-refractivity contribution in [2.75, 3.05) is 27.7 Å². The van der Waals surface area contributed by atoms with Crippen LogP contribution in [0.1, 0.15) is 24.8 Å². The molecule has 0 aromatic heterocycles. The van der Waals surface area contributed by atoms with Crippen LogP contribution in [0.5, 0.6) is 5.75 Å². The fraction of sp³-hybridized carbons (Fsp3) is 0.556. The van der Waals surface area contributed by atoms with E-state index in [9.17, 15) is 4.39 Å². The van der Waals surface area contributed by atoms with Gasteiger partial charge in [-0.3, -0.25) is 0 Å². The normalized spacial score (nSPS) is 27.9. The Hall–Kier alpha value is -1.35. The number of hydrogen-bond acceptors (Lipinski definition) is 2. The highest BCUT2D eigenvalue weighted by Crippen LogP contribution is 2.48. The molecule has 0 unspecified atom stereocenters. The van der Waals surface area contributed by atoms with Crippen LogP contribution in [0.4, 0.5) is 4.39 Å². The van der Waals surface area contributed by atoms with E-state index in [2.05, 4.69) is 25.1 Å². The van der Waals surface area contributed by atoms with Gasteiger partial charge in [0, 0.05) is 12.1 Å². The van der Waals surface area contributed by atoms with Gasteiger partial charge in [0.15, 0.2) is 0 Å². The highest BCUT2D eigenvalue weighted by molar-refractivity contribution is 5.71. The van der Waals surface area contributed by atoms with Gasteiger partial charge in [-0.2, -0.15) is 0 Å². The molecule has 21 heavy (non-hydrogen) atoms. The number of benzene rings is 1. The first-order valence-corrected chi connectivity index (χ1v) is 7.79. The summed E-state index contributed by atoms with van der Waals surface area (Å²) in [6.45, 7) is 0.986. The first kappa shape index (κ1) is 14.6. The van der Waals surface area contributed by atoms with E-state index in [4.69, 9.17) is 4.74 Å². The molecule has 1 fully saturated rings. The first-order chi connectivity index (χ1) is 10.1. The second-order valence-corrected chi connectivity index (χ2v) is 6.67. The zero-order valence-electron chi connectivity index (χ0n) is 13.1. The summed E-state index contributed by atoms with van der Waals surface area (Å²) in [5.74, 6) is 2.36. The van der Waals surface area contributed by atoms with Crippen LogP contribution in [-0.2, 0) is 0 Å². The van der Waals surface area contributed by atoms with Crippen molar-refractivity contribution in [3.05, 3.63) is 35.7 Å². The maximum Gasteiger partial charge on any atom is 0.130 e. The number of fused-ring (bicyclic) bond motifs is 2. The summed E-state index contributed by atoms with van der Waals surface area (Å²) in [5, 5.41) is 0. The summed E-state index contributed by atoms with van der Waals surface area (Å²) in [6.07, 6.45) is 6.13.